The highest BCUT2D eigenvalue weighted by Gasteiger charge is 2.70. The van der Waals surface area contributed by atoms with Crippen molar-refractivity contribution in [1.29, 1.82) is 5.26 Å². The van der Waals surface area contributed by atoms with Crippen molar-refractivity contribution in [2.75, 3.05) is 7.11 Å². The third-order valence-corrected chi connectivity index (χ3v) is 8.68. The van der Waals surface area contributed by atoms with E-state index in [9.17, 15) is 5.26 Å². The van der Waals surface area contributed by atoms with E-state index in [2.05, 4.69) is 25.1 Å². The lowest BCUT2D eigenvalue weighted by molar-refractivity contribution is -0.0331. The number of rotatable bonds is 2. The molecule has 5 rings (SSSR count). The fraction of sp³-hybridized carbons (Fsp3) is 0.773. The van der Waals surface area contributed by atoms with Gasteiger partial charge in [0.05, 0.1) is 24.9 Å². The first kappa shape index (κ1) is 15.1. The molecule has 2 nitrogen and oxygen atoms in total. The summed E-state index contributed by atoms with van der Waals surface area (Å²) in [5.74, 6) is 6.46. The Kier molecular flexibility index (Phi) is 3.22. The average Bonchev–Trinajstić information content (AvgIpc) is 3.35. The molecule has 0 radical (unpaired) electrons. The molecule has 8 atom stereocenters. The van der Waals surface area contributed by atoms with E-state index in [0.29, 0.717) is 11.3 Å². The Labute approximate surface area is 146 Å². The predicted molar refractivity (Wildman–Crippen MR) is 93.6 cm³/mol. The van der Waals surface area contributed by atoms with Gasteiger partial charge in [-0.3, -0.25) is 0 Å². The van der Waals surface area contributed by atoms with Crippen molar-refractivity contribution in [2.45, 2.75) is 51.9 Å². The summed E-state index contributed by atoms with van der Waals surface area (Å²) < 4.78 is 5.52. The molecule has 0 saturated heterocycles. The van der Waals surface area contributed by atoms with Crippen LogP contribution >= 0.6 is 0 Å². The highest BCUT2D eigenvalue weighted by Crippen LogP contribution is 2.75. The third kappa shape index (κ3) is 1.77. The largest absolute Gasteiger partial charge is 0.501 e. The van der Waals surface area contributed by atoms with Crippen LogP contribution in [0, 0.1) is 58.2 Å². The molecular weight excluding hydrogens is 294 g/mol. The van der Waals surface area contributed by atoms with Gasteiger partial charge in [0.1, 0.15) is 0 Å². The molecule has 0 aliphatic heterocycles. The molecule has 0 aromatic carbocycles. The first-order valence-corrected chi connectivity index (χ1v) is 10.1. The minimum absolute atomic E-state index is 0.357. The number of allylic oxidation sites excluding steroid dienone is 4. The lowest BCUT2D eigenvalue weighted by Gasteiger charge is -2.54. The van der Waals surface area contributed by atoms with Crippen LogP contribution in [0.4, 0.5) is 0 Å². The Hall–Kier alpha value is -1.23. The standard InChI is InChI=1S/C22H29NO/c1-3-22-9-8-16-15-7-5-14(24-2)10-13(15)4-6-17(16)21(22)19-11-18(19)20(22)12-23/h4,10,15-21H,3,5-9,11H2,1-2H3/t15-,16+,17+,18-,19+,20?,21+,22+/m0/s1. The molecule has 5 aliphatic carbocycles. The van der Waals surface area contributed by atoms with Gasteiger partial charge in [0.25, 0.3) is 0 Å². The zero-order valence-corrected chi connectivity index (χ0v) is 15.0. The minimum Gasteiger partial charge on any atom is -0.501 e. The maximum absolute atomic E-state index is 9.85. The van der Waals surface area contributed by atoms with E-state index in [1.54, 1.807) is 5.57 Å². The van der Waals surface area contributed by atoms with Gasteiger partial charge in [-0.05, 0) is 91.1 Å². The highest BCUT2D eigenvalue weighted by molar-refractivity contribution is 5.33. The van der Waals surface area contributed by atoms with Crippen molar-refractivity contribution in [1.82, 2.24) is 0 Å². The Morgan fingerprint density at radius 2 is 2.12 bits per heavy atom. The number of nitriles is 1. The minimum atomic E-state index is 0.357. The van der Waals surface area contributed by atoms with Gasteiger partial charge in [-0.15, -0.1) is 0 Å². The second kappa shape index (κ2) is 5.13. The fourth-order valence-corrected chi connectivity index (χ4v) is 7.69. The number of nitrogens with zero attached hydrogens (tertiary/aromatic N) is 1. The number of fused-ring (bicyclic) bond motifs is 7. The second-order valence-electron chi connectivity index (χ2n) is 9.05. The van der Waals surface area contributed by atoms with Crippen molar-refractivity contribution in [3.63, 3.8) is 0 Å². The second-order valence-corrected chi connectivity index (χ2v) is 9.05. The maximum Gasteiger partial charge on any atom is 0.0958 e. The normalized spacial score (nSPS) is 51.1. The van der Waals surface area contributed by atoms with Crippen LogP contribution in [-0.2, 0) is 4.74 Å². The van der Waals surface area contributed by atoms with Gasteiger partial charge in [-0.1, -0.05) is 13.0 Å². The van der Waals surface area contributed by atoms with Gasteiger partial charge in [-0.25, -0.2) is 0 Å². The lowest BCUT2D eigenvalue weighted by atomic mass is 9.49. The first-order chi connectivity index (χ1) is 11.7. The molecule has 128 valence electrons. The van der Waals surface area contributed by atoms with Crippen LogP contribution in [0.3, 0.4) is 0 Å². The molecule has 2 heteroatoms. The molecule has 0 aromatic heterocycles. The summed E-state index contributed by atoms with van der Waals surface area (Å²) in [5, 5.41) is 9.85. The molecule has 5 aliphatic rings. The van der Waals surface area contributed by atoms with E-state index < -0.39 is 0 Å². The van der Waals surface area contributed by atoms with Crippen molar-refractivity contribution in [2.24, 2.45) is 46.8 Å². The van der Waals surface area contributed by atoms with Crippen LogP contribution in [0.25, 0.3) is 0 Å². The Morgan fingerprint density at radius 1 is 1.25 bits per heavy atom. The molecule has 3 saturated carbocycles. The topological polar surface area (TPSA) is 33.0 Å². The monoisotopic (exact) mass is 323 g/mol. The summed E-state index contributed by atoms with van der Waals surface area (Å²) in [4.78, 5) is 0. The molecule has 24 heavy (non-hydrogen) atoms. The van der Waals surface area contributed by atoms with Crippen LogP contribution in [-0.4, -0.2) is 7.11 Å². The van der Waals surface area contributed by atoms with Crippen LogP contribution in [0.1, 0.15) is 51.9 Å². The summed E-state index contributed by atoms with van der Waals surface area (Å²) in [7, 11) is 1.81. The number of methoxy groups -OCH3 is 1. The van der Waals surface area contributed by atoms with Gasteiger partial charge in [0.2, 0.25) is 0 Å². The van der Waals surface area contributed by atoms with E-state index in [1.165, 1.54) is 44.3 Å². The summed E-state index contributed by atoms with van der Waals surface area (Å²) in [6.07, 6.45) is 13.7. The SMILES string of the molecule is CC[C@]12CC[C@H]3[C@@H](CC=C4C=C(OC)CC[C@@H]43)[C@@H]1[C@@H]1C[C@@H]1C2C#N. The van der Waals surface area contributed by atoms with E-state index >= 15 is 0 Å². The molecule has 0 aromatic rings. The van der Waals surface area contributed by atoms with Gasteiger partial charge >= 0.3 is 0 Å². The summed E-state index contributed by atoms with van der Waals surface area (Å²) in [6, 6.07) is 2.77. The van der Waals surface area contributed by atoms with Crippen LogP contribution < -0.4 is 0 Å². The summed E-state index contributed by atoms with van der Waals surface area (Å²) in [6.45, 7) is 2.36. The van der Waals surface area contributed by atoms with Crippen molar-refractivity contribution in [3.05, 3.63) is 23.5 Å². The molecule has 0 bridgehead atoms. The summed E-state index contributed by atoms with van der Waals surface area (Å²) >= 11 is 0. The van der Waals surface area contributed by atoms with Gasteiger partial charge < -0.3 is 4.74 Å². The molecule has 3 fully saturated rings. The third-order valence-electron chi connectivity index (χ3n) is 8.68. The van der Waals surface area contributed by atoms with E-state index in [-0.39, 0.29) is 0 Å². The van der Waals surface area contributed by atoms with Crippen LogP contribution in [0.5, 0.6) is 0 Å². The Morgan fingerprint density at radius 3 is 2.88 bits per heavy atom. The highest BCUT2D eigenvalue weighted by atomic mass is 16.5. The molecular formula is C22H29NO. The number of hydrogen-bond acceptors (Lipinski definition) is 2. The number of ether oxygens (including phenoxy) is 1. The lowest BCUT2D eigenvalue weighted by Crippen LogP contribution is -2.48. The summed E-state index contributed by atoms with van der Waals surface area (Å²) in [5.41, 5.74) is 1.92. The van der Waals surface area contributed by atoms with Crippen molar-refractivity contribution >= 4 is 0 Å². The number of hydrogen-bond donors (Lipinski definition) is 0. The van der Waals surface area contributed by atoms with E-state index in [1.807, 2.05) is 7.11 Å². The van der Waals surface area contributed by atoms with Crippen molar-refractivity contribution < 1.29 is 4.74 Å². The van der Waals surface area contributed by atoms with Crippen molar-refractivity contribution in [3.8, 4) is 6.07 Å². The van der Waals surface area contributed by atoms with E-state index in [0.717, 1.165) is 41.9 Å². The average molecular weight is 323 g/mol. The Bertz CT molecular complexity index is 655. The van der Waals surface area contributed by atoms with Crippen LogP contribution in [0.15, 0.2) is 23.5 Å². The Balaban J connectivity index is 1.50. The van der Waals surface area contributed by atoms with Gasteiger partial charge in [0.15, 0.2) is 0 Å². The molecule has 0 N–H and O–H groups in total. The van der Waals surface area contributed by atoms with Crippen LogP contribution in [0.2, 0.25) is 0 Å². The molecule has 0 spiro atoms. The quantitative estimate of drug-likeness (QED) is 0.709. The molecule has 0 amide bonds. The zero-order valence-electron chi connectivity index (χ0n) is 15.0. The maximum atomic E-state index is 9.85. The van der Waals surface area contributed by atoms with E-state index in [4.69, 9.17) is 4.74 Å². The fourth-order valence-electron chi connectivity index (χ4n) is 7.69. The smallest absolute Gasteiger partial charge is 0.0958 e. The van der Waals surface area contributed by atoms with Gasteiger partial charge in [0, 0.05) is 6.42 Å². The molecule has 0 heterocycles. The zero-order chi connectivity index (χ0) is 16.5. The molecule has 1 unspecified atom stereocenters. The first-order valence-electron chi connectivity index (χ1n) is 10.1. The van der Waals surface area contributed by atoms with Gasteiger partial charge in [-0.2, -0.15) is 5.26 Å². The predicted octanol–water partition coefficient (Wildman–Crippen LogP) is 5.09.